The van der Waals surface area contributed by atoms with Gasteiger partial charge in [-0.15, -0.1) is 11.3 Å². The second-order valence-corrected chi connectivity index (χ2v) is 7.67. The van der Waals surface area contributed by atoms with E-state index in [1.54, 1.807) is 11.3 Å². The molecule has 0 aliphatic rings. The first kappa shape index (κ1) is 15.2. The highest BCUT2D eigenvalue weighted by atomic mass is 32.1. The molecule has 2 rings (SSSR count). The van der Waals surface area contributed by atoms with Crippen molar-refractivity contribution < 1.29 is 0 Å². The minimum absolute atomic E-state index is 0.0615. The number of hydrogen-bond donors (Lipinski definition) is 1. The van der Waals surface area contributed by atoms with Gasteiger partial charge in [-0.2, -0.15) is 0 Å². The normalized spacial score (nSPS) is 11.9. The third-order valence-corrected chi connectivity index (χ3v) is 4.35. The van der Waals surface area contributed by atoms with Crippen molar-refractivity contribution in [2.24, 2.45) is 5.73 Å². The van der Waals surface area contributed by atoms with Crippen molar-refractivity contribution in [2.45, 2.75) is 53.0 Å². The van der Waals surface area contributed by atoms with Crippen LogP contribution in [0.3, 0.4) is 0 Å². The molecule has 1 heterocycles. The van der Waals surface area contributed by atoms with Crippen LogP contribution in [0.1, 0.15) is 53.0 Å². The van der Waals surface area contributed by atoms with Gasteiger partial charge in [0.25, 0.3) is 0 Å². The molecule has 2 aromatic rings. The highest BCUT2D eigenvalue weighted by Gasteiger charge is 2.22. The second kappa shape index (κ2) is 5.66. The van der Waals surface area contributed by atoms with E-state index in [9.17, 15) is 0 Å². The first-order chi connectivity index (χ1) is 9.29. The van der Waals surface area contributed by atoms with Gasteiger partial charge in [0, 0.05) is 23.3 Å². The quantitative estimate of drug-likeness (QED) is 0.923. The number of rotatable bonds is 3. The molecular weight excluding hydrogens is 264 g/mol. The number of aryl methyl sites for hydroxylation is 2. The molecule has 3 heteroatoms. The lowest BCUT2D eigenvalue weighted by atomic mass is 9.91. The Balaban J connectivity index is 2.32. The summed E-state index contributed by atoms with van der Waals surface area (Å²) in [5.41, 5.74) is 11.0. The first-order valence-electron chi connectivity index (χ1n) is 7.06. The van der Waals surface area contributed by atoms with Crippen LogP contribution in [-0.4, -0.2) is 4.98 Å². The maximum atomic E-state index is 5.87. The molecule has 108 valence electrons. The Kier molecular flexibility index (Phi) is 4.31. The fourth-order valence-corrected chi connectivity index (χ4v) is 3.74. The summed E-state index contributed by atoms with van der Waals surface area (Å²) in [6, 6.07) is 6.69. The lowest BCUT2D eigenvalue weighted by Crippen LogP contribution is -2.15. The standard InChI is InChI=1S/C17H24N2S/c1-11-6-12(2)8-13(7-11)9-15-19-16(17(3,4)5)14(10-18)20-15/h6-8H,9-10,18H2,1-5H3. The Morgan fingerprint density at radius 1 is 1.10 bits per heavy atom. The highest BCUT2D eigenvalue weighted by Crippen LogP contribution is 2.30. The summed E-state index contributed by atoms with van der Waals surface area (Å²) >= 11 is 1.76. The largest absolute Gasteiger partial charge is 0.326 e. The van der Waals surface area contributed by atoms with Crippen LogP contribution in [0.2, 0.25) is 0 Å². The zero-order valence-corrected chi connectivity index (χ0v) is 13.9. The zero-order chi connectivity index (χ0) is 14.9. The highest BCUT2D eigenvalue weighted by molar-refractivity contribution is 7.11. The van der Waals surface area contributed by atoms with E-state index < -0.39 is 0 Å². The number of benzene rings is 1. The molecule has 0 saturated heterocycles. The van der Waals surface area contributed by atoms with Crippen LogP contribution >= 0.6 is 11.3 Å². The molecule has 1 aromatic carbocycles. The van der Waals surface area contributed by atoms with E-state index in [-0.39, 0.29) is 5.41 Å². The van der Waals surface area contributed by atoms with Crippen LogP contribution in [0.4, 0.5) is 0 Å². The SMILES string of the molecule is Cc1cc(C)cc(Cc2nc(C(C)(C)C)c(CN)s2)c1. The van der Waals surface area contributed by atoms with Crippen molar-refractivity contribution in [1.82, 2.24) is 4.98 Å². The van der Waals surface area contributed by atoms with Crippen LogP contribution < -0.4 is 5.73 Å². The van der Waals surface area contributed by atoms with Gasteiger partial charge in [-0.25, -0.2) is 4.98 Å². The van der Waals surface area contributed by atoms with Gasteiger partial charge in [-0.05, 0) is 19.4 Å². The molecule has 0 spiro atoms. The average Bonchev–Trinajstić information content (AvgIpc) is 2.70. The van der Waals surface area contributed by atoms with E-state index in [2.05, 4.69) is 52.8 Å². The lowest BCUT2D eigenvalue weighted by molar-refractivity contribution is 0.564. The van der Waals surface area contributed by atoms with Crippen molar-refractivity contribution in [3.05, 3.63) is 50.5 Å². The molecule has 0 amide bonds. The molecular formula is C17H24N2S. The third-order valence-electron chi connectivity index (χ3n) is 3.27. The minimum Gasteiger partial charge on any atom is -0.326 e. The van der Waals surface area contributed by atoms with Crippen LogP contribution in [0.15, 0.2) is 18.2 Å². The number of nitrogens with two attached hydrogens (primary N) is 1. The number of aromatic nitrogens is 1. The molecule has 0 aliphatic carbocycles. The summed E-state index contributed by atoms with van der Waals surface area (Å²) in [4.78, 5) is 6.06. The van der Waals surface area contributed by atoms with Crippen molar-refractivity contribution in [1.29, 1.82) is 0 Å². The topological polar surface area (TPSA) is 38.9 Å². The fraction of sp³-hybridized carbons (Fsp3) is 0.471. The van der Waals surface area contributed by atoms with Gasteiger partial charge in [-0.3, -0.25) is 0 Å². The van der Waals surface area contributed by atoms with Gasteiger partial charge in [0.05, 0.1) is 10.7 Å². The molecule has 2 nitrogen and oxygen atoms in total. The molecule has 2 N–H and O–H groups in total. The zero-order valence-electron chi connectivity index (χ0n) is 13.1. The van der Waals surface area contributed by atoms with Crippen molar-refractivity contribution in [2.75, 3.05) is 0 Å². The third kappa shape index (κ3) is 3.47. The summed E-state index contributed by atoms with van der Waals surface area (Å²) in [6.45, 7) is 11.5. The van der Waals surface area contributed by atoms with E-state index in [1.165, 1.54) is 26.6 Å². The Morgan fingerprint density at radius 3 is 2.15 bits per heavy atom. The van der Waals surface area contributed by atoms with Crippen molar-refractivity contribution in [3.8, 4) is 0 Å². The smallest absolute Gasteiger partial charge is 0.0975 e. The summed E-state index contributed by atoms with van der Waals surface area (Å²) in [6.07, 6.45) is 0.899. The summed E-state index contributed by atoms with van der Waals surface area (Å²) in [7, 11) is 0. The maximum Gasteiger partial charge on any atom is 0.0975 e. The van der Waals surface area contributed by atoms with Gasteiger partial charge in [-0.1, -0.05) is 50.1 Å². The van der Waals surface area contributed by atoms with E-state index in [4.69, 9.17) is 10.7 Å². The Bertz CT molecular complexity index is 586. The molecule has 0 atom stereocenters. The molecule has 1 aromatic heterocycles. The minimum atomic E-state index is 0.0615. The number of nitrogens with zero attached hydrogens (tertiary/aromatic N) is 1. The van der Waals surface area contributed by atoms with Crippen LogP contribution in [0.5, 0.6) is 0 Å². The molecule has 0 unspecified atom stereocenters. The first-order valence-corrected chi connectivity index (χ1v) is 7.87. The maximum absolute atomic E-state index is 5.87. The molecule has 0 aliphatic heterocycles. The summed E-state index contributed by atoms with van der Waals surface area (Å²) in [5.74, 6) is 0. The summed E-state index contributed by atoms with van der Waals surface area (Å²) < 4.78 is 0. The Hall–Kier alpha value is -1.19. The fourth-order valence-electron chi connectivity index (χ4n) is 2.55. The monoisotopic (exact) mass is 288 g/mol. The molecule has 0 radical (unpaired) electrons. The van der Waals surface area contributed by atoms with Crippen LogP contribution in [0, 0.1) is 13.8 Å². The molecule has 0 bridgehead atoms. The van der Waals surface area contributed by atoms with Crippen LogP contribution in [-0.2, 0) is 18.4 Å². The van der Waals surface area contributed by atoms with Gasteiger partial charge < -0.3 is 5.73 Å². The van der Waals surface area contributed by atoms with Gasteiger partial charge in [0.15, 0.2) is 0 Å². The number of hydrogen-bond acceptors (Lipinski definition) is 3. The Morgan fingerprint density at radius 2 is 1.70 bits per heavy atom. The van der Waals surface area contributed by atoms with E-state index >= 15 is 0 Å². The predicted octanol–water partition coefficient (Wildman–Crippen LogP) is 4.11. The number of thiazole rings is 1. The van der Waals surface area contributed by atoms with E-state index in [0.717, 1.165) is 12.1 Å². The second-order valence-electron chi connectivity index (χ2n) is 6.51. The molecule has 20 heavy (non-hydrogen) atoms. The molecule has 0 fully saturated rings. The van der Waals surface area contributed by atoms with Gasteiger partial charge in [0.2, 0.25) is 0 Å². The van der Waals surface area contributed by atoms with Gasteiger partial charge in [0.1, 0.15) is 0 Å². The lowest BCUT2D eigenvalue weighted by Gasteiger charge is -2.16. The predicted molar refractivity (Wildman–Crippen MR) is 87.4 cm³/mol. The van der Waals surface area contributed by atoms with Crippen molar-refractivity contribution >= 4 is 11.3 Å². The van der Waals surface area contributed by atoms with Crippen LogP contribution in [0.25, 0.3) is 0 Å². The average molecular weight is 288 g/mol. The Labute approximate surface area is 126 Å². The van der Waals surface area contributed by atoms with E-state index in [0.29, 0.717) is 6.54 Å². The van der Waals surface area contributed by atoms with Crippen molar-refractivity contribution in [3.63, 3.8) is 0 Å². The summed E-state index contributed by atoms with van der Waals surface area (Å²) in [5, 5.41) is 1.17. The van der Waals surface area contributed by atoms with Gasteiger partial charge >= 0.3 is 0 Å². The van der Waals surface area contributed by atoms with E-state index in [1.807, 2.05) is 0 Å². The molecule has 0 saturated carbocycles.